The number of carbonyl (C=O) groups excluding carboxylic acids is 3. The van der Waals surface area contributed by atoms with Gasteiger partial charge in [0.05, 0.1) is 30.1 Å². The van der Waals surface area contributed by atoms with Crippen LogP contribution < -0.4 is 15.2 Å². The summed E-state index contributed by atoms with van der Waals surface area (Å²) >= 11 is 0. The number of hydrazone groups is 1. The molecule has 0 aromatic heterocycles. The Kier molecular flexibility index (Phi) is 4.72. The van der Waals surface area contributed by atoms with Crippen molar-refractivity contribution in [3.8, 4) is 11.5 Å². The quantitative estimate of drug-likeness (QED) is 0.225. The normalized spacial score (nSPS) is 26.5. The lowest BCUT2D eigenvalue weighted by Crippen LogP contribution is -2.28. The van der Waals surface area contributed by atoms with E-state index in [1.807, 2.05) is 12.2 Å². The number of nitro groups is 1. The highest BCUT2D eigenvalue weighted by atomic mass is 16.6. The summed E-state index contributed by atoms with van der Waals surface area (Å²) in [5, 5.41) is 16.3. The molecular weight excluding hydrogens is 396 g/mol. The highest BCUT2D eigenvalue weighted by molar-refractivity contribution is 6.06. The number of hydrogen-bond donors (Lipinski definition) is 1. The summed E-state index contributed by atoms with van der Waals surface area (Å²) in [5.41, 5.74) is 4.76. The number of nitrogens with zero attached hydrogens (tertiary/aromatic N) is 3. The standard InChI is InChI=1S/C19H18N4O7/c1-29-13-5-9(4-12(23(27)28)17(13)30-8-14(20)24)7-21-22-18(25)15-10-2-3-11(6-10)16(15)19(22)26/h2-5,7,10-11,15-16H,6,8H2,1H3,(H2,20,24)/t10-,11-,15-,16+/m0/s1. The van der Waals surface area contributed by atoms with E-state index < -0.39 is 35.0 Å². The number of primary amides is 1. The smallest absolute Gasteiger partial charge is 0.315 e. The lowest BCUT2D eigenvalue weighted by Gasteiger charge is -2.13. The first kappa shape index (κ1) is 19.6. The van der Waals surface area contributed by atoms with Gasteiger partial charge in [-0.15, -0.1) is 0 Å². The van der Waals surface area contributed by atoms with Crippen molar-refractivity contribution in [3.63, 3.8) is 0 Å². The first-order valence-electron chi connectivity index (χ1n) is 9.19. The second-order valence-electron chi connectivity index (χ2n) is 7.32. The molecule has 1 aliphatic heterocycles. The van der Waals surface area contributed by atoms with E-state index >= 15 is 0 Å². The second-order valence-corrected chi connectivity index (χ2v) is 7.32. The summed E-state index contributed by atoms with van der Waals surface area (Å²) in [4.78, 5) is 47.0. The summed E-state index contributed by atoms with van der Waals surface area (Å²) in [5.74, 6) is -2.48. The van der Waals surface area contributed by atoms with Gasteiger partial charge in [-0.1, -0.05) is 12.2 Å². The molecule has 1 aromatic carbocycles. The van der Waals surface area contributed by atoms with Crippen LogP contribution in [0.5, 0.6) is 11.5 Å². The van der Waals surface area contributed by atoms with E-state index in [4.69, 9.17) is 15.2 Å². The van der Waals surface area contributed by atoms with E-state index in [9.17, 15) is 24.5 Å². The summed E-state index contributed by atoms with van der Waals surface area (Å²) in [6.07, 6.45) is 5.94. The van der Waals surface area contributed by atoms with Crippen molar-refractivity contribution in [1.29, 1.82) is 0 Å². The number of imide groups is 1. The Hall–Kier alpha value is -3.76. The van der Waals surface area contributed by atoms with E-state index in [0.717, 1.165) is 17.5 Å². The van der Waals surface area contributed by atoms with E-state index in [1.165, 1.54) is 19.4 Å². The summed E-state index contributed by atoms with van der Waals surface area (Å²) in [6.45, 7) is -0.569. The van der Waals surface area contributed by atoms with Crippen LogP contribution in [0.15, 0.2) is 29.4 Å². The molecular formula is C19H18N4O7. The summed E-state index contributed by atoms with van der Waals surface area (Å²) < 4.78 is 10.2. The van der Waals surface area contributed by atoms with Crippen molar-refractivity contribution < 1.29 is 28.8 Å². The summed E-state index contributed by atoms with van der Waals surface area (Å²) in [7, 11) is 1.27. The Bertz CT molecular complexity index is 988. The molecule has 2 bridgehead atoms. The van der Waals surface area contributed by atoms with Crippen LogP contribution in [0.4, 0.5) is 5.69 Å². The fourth-order valence-corrected chi connectivity index (χ4v) is 4.38. The van der Waals surface area contributed by atoms with Crippen molar-refractivity contribution in [2.24, 2.45) is 34.5 Å². The fourth-order valence-electron chi connectivity index (χ4n) is 4.38. The average Bonchev–Trinajstić information content (AvgIpc) is 3.38. The van der Waals surface area contributed by atoms with Gasteiger partial charge in [0.2, 0.25) is 5.75 Å². The zero-order valence-electron chi connectivity index (χ0n) is 15.9. The molecule has 0 radical (unpaired) electrons. The minimum absolute atomic E-state index is 0.0231. The molecule has 1 aromatic rings. The Labute approximate surface area is 170 Å². The highest BCUT2D eigenvalue weighted by Gasteiger charge is 2.59. The molecule has 11 heteroatoms. The Morgan fingerprint density at radius 2 is 1.93 bits per heavy atom. The van der Waals surface area contributed by atoms with Gasteiger partial charge in [0.1, 0.15) is 0 Å². The number of nitro benzene ring substituents is 1. The number of hydrogen-bond acceptors (Lipinski definition) is 8. The molecule has 1 saturated heterocycles. The van der Waals surface area contributed by atoms with Gasteiger partial charge in [-0.3, -0.25) is 24.5 Å². The van der Waals surface area contributed by atoms with Crippen molar-refractivity contribution in [2.45, 2.75) is 6.42 Å². The molecule has 2 aliphatic carbocycles. The molecule has 0 spiro atoms. The van der Waals surface area contributed by atoms with Crippen LogP contribution in [0.2, 0.25) is 0 Å². The van der Waals surface area contributed by atoms with Gasteiger partial charge in [-0.2, -0.15) is 10.1 Å². The maximum Gasteiger partial charge on any atom is 0.315 e. The van der Waals surface area contributed by atoms with Gasteiger partial charge in [0.15, 0.2) is 12.4 Å². The van der Waals surface area contributed by atoms with Crippen molar-refractivity contribution in [2.75, 3.05) is 13.7 Å². The van der Waals surface area contributed by atoms with Gasteiger partial charge < -0.3 is 15.2 Å². The minimum atomic E-state index is -0.808. The van der Waals surface area contributed by atoms with Crippen molar-refractivity contribution in [3.05, 3.63) is 40.0 Å². The monoisotopic (exact) mass is 414 g/mol. The molecule has 2 N–H and O–H groups in total. The van der Waals surface area contributed by atoms with E-state index in [1.54, 1.807) is 0 Å². The van der Waals surface area contributed by atoms with Crippen molar-refractivity contribution >= 4 is 29.6 Å². The van der Waals surface area contributed by atoms with Crippen LogP contribution in [0.1, 0.15) is 12.0 Å². The zero-order chi connectivity index (χ0) is 21.6. The lowest BCUT2D eigenvalue weighted by atomic mass is 9.85. The number of benzene rings is 1. The molecule has 1 saturated carbocycles. The zero-order valence-corrected chi connectivity index (χ0v) is 15.9. The third-order valence-electron chi connectivity index (χ3n) is 5.60. The first-order valence-corrected chi connectivity index (χ1v) is 9.19. The Balaban J connectivity index is 1.62. The predicted molar refractivity (Wildman–Crippen MR) is 102 cm³/mol. The first-order chi connectivity index (χ1) is 14.3. The third kappa shape index (κ3) is 3.08. The topological polar surface area (TPSA) is 154 Å². The van der Waals surface area contributed by atoms with Crippen LogP contribution in [0, 0.1) is 33.8 Å². The predicted octanol–water partition coefficient (Wildman–Crippen LogP) is 0.608. The molecule has 3 amide bonds. The highest BCUT2D eigenvalue weighted by Crippen LogP contribution is 2.52. The number of amides is 3. The number of methoxy groups -OCH3 is 1. The fraction of sp³-hybridized carbons (Fsp3) is 0.368. The van der Waals surface area contributed by atoms with Crippen LogP contribution in [0.25, 0.3) is 0 Å². The second kappa shape index (κ2) is 7.25. The van der Waals surface area contributed by atoms with E-state index in [-0.39, 0.29) is 40.7 Å². The maximum absolute atomic E-state index is 12.7. The SMILES string of the molecule is COc1cc(C=NN2C(=O)[C@@H]3[C@H](C2=O)[C@H]2C=C[C@H]3C2)cc([N+](=O)[O-])c1OCC(N)=O. The van der Waals surface area contributed by atoms with E-state index in [0.29, 0.717) is 0 Å². The van der Waals surface area contributed by atoms with Gasteiger partial charge in [-0.25, -0.2) is 0 Å². The van der Waals surface area contributed by atoms with Gasteiger partial charge in [-0.05, 0) is 24.3 Å². The van der Waals surface area contributed by atoms with Gasteiger partial charge >= 0.3 is 5.69 Å². The van der Waals surface area contributed by atoms with Crippen LogP contribution in [0.3, 0.4) is 0 Å². The number of nitrogens with two attached hydrogens (primary N) is 1. The number of allylic oxidation sites excluding steroid dienone is 2. The van der Waals surface area contributed by atoms with Crippen LogP contribution >= 0.6 is 0 Å². The number of rotatable bonds is 7. The molecule has 1 heterocycles. The molecule has 3 aliphatic rings. The molecule has 4 rings (SSSR count). The van der Waals surface area contributed by atoms with Gasteiger partial charge in [0, 0.05) is 11.6 Å². The van der Waals surface area contributed by atoms with E-state index in [2.05, 4.69) is 5.10 Å². The molecule has 0 unspecified atom stereocenters. The number of ether oxygens (including phenoxy) is 2. The molecule has 11 nitrogen and oxygen atoms in total. The third-order valence-corrected chi connectivity index (χ3v) is 5.60. The Morgan fingerprint density at radius 3 is 2.47 bits per heavy atom. The largest absolute Gasteiger partial charge is 0.493 e. The number of fused-ring (bicyclic) bond motifs is 5. The lowest BCUT2D eigenvalue weighted by molar-refractivity contribution is -0.385. The summed E-state index contributed by atoms with van der Waals surface area (Å²) in [6, 6.07) is 2.52. The molecule has 4 atom stereocenters. The molecule has 2 fully saturated rings. The molecule has 30 heavy (non-hydrogen) atoms. The number of carbonyl (C=O) groups is 3. The Morgan fingerprint density at radius 1 is 1.30 bits per heavy atom. The molecule has 156 valence electrons. The van der Waals surface area contributed by atoms with Crippen molar-refractivity contribution in [1.82, 2.24) is 5.01 Å². The van der Waals surface area contributed by atoms with Crippen LogP contribution in [-0.2, 0) is 14.4 Å². The van der Waals surface area contributed by atoms with Gasteiger partial charge in [0.25, 0.3) is 17.7 Å². The minimum Gasteiger partial charge on any atom is -0.493 e. The van der Waals surface area contributed by atoms with Crippen LogP contribution in [-0.4, -0.2) is 47.6 Å². The average molecular weight is 414 g/mol. The maximum atomic E-state index is 12.7.